The van der Waals surface area contributed by atoms with Crippen molar-refractivity contribution >= 4 is 11.4 Å². The second-order valence-corrected chi connectivity index (χ2v) is 5.92. The van der Waals surface area contributed by atoms with Gasteiger partial charge in [-0.15, -0.1) is 0 Å². The van der Waals surface area contributed by atoms with Gasteiger partial charge in [-0.2, -0.15) is 0 Å². The van der Waals surface area contributed by atoms with E-state index in [0.717, 1.165) is 16.8 Å². The van der Waals surface area contributed by atoms with Crippen molar-refractivity contribution in [2.75, 3.05) is 7.11 Å². The maximum Gasteiger partial charge on any atom is 0.234 e. The van der Waals surface area contributed by atoms with Crippen LogP contribution in [0, 0.1) is 0 Å². The summed E-state index contributed by atoms with van der Waals surface area (Å²) < 4.78 is 26.4. The van der Waals surface area contributed by atoms with Crippen molar-refractivity contribution in [1.82, 2.24) is 19.4 Å². The van der Waals surface area contributed by atoms with Crippen molar-refractivity contribution in [3.05, 3.63) is 72.4 Å². The quantitative estimate of drug-likeness (QED) is 0.705. The van der Waals surface area contributed by atoms with E-state index in [9.17, 15) is 4.39 Å². The Labute approximate surface area is 149 Å². The van der Waals surface area contributed by atoms with Crippen LogP contribution in [0.1, 0.15) is 17.7 Å². The molecule has 1 atom stereocenters. The Hall–Kier alpha value is -3.06. The lowest BCUT2D eigenvalue weighted by atomic mass is 9.96. The zero-order valence-corrected chi connectivity index (χ0v) is 14.2. The van der Waals surface area contributed by atoms with Crippen LogP contribution in [0.25, 0.3) is 11.4 Å². The van der Waals surface area contributed by atoms with Crippen LogP contribution in [0.5, 0.6) is 5.75 Å². The minimum Gasteiger partial charge on any atom is -0.486 e. The average molecular weight is 352 g/mol. The lowest BCUT2D eigenvalue weighted by molar-refractivity contribution is 0.142. The average Bonchev–Trinajstić information content (AvgIpc) is 3.09. The van der Waals surface area contributed by atoms with Crippen LogP contribution in [0.3, 0.4) is 0 Å². The Morgan fingerprint density at radius 1 is 1.27 bits per heavy atom. The first-order valence-corrected chi connectivity index (χ1v) is 8.19. The van der Waals surface area contributed by atoms with E-state index in [1.165, 1.54) is 6.08 Å². The molecule has 0 aromatic carbocycles. The highest BCUT2D eigenvalue weighted by Crippen LogP contribution is 2.29. The van der Waals surface area contributed by atoms with Crippen molar-refractivity contribution in [2.24, 2.45) is 0 Å². The molecule has 0 fully saturated rings. The molecular formula is C19H17FN4O2. The van der Waals surface area contributed by atoms with Gasteiger partial charge >= 0.3 is 0 Å². The van der Waals surface area contributed by atoms with Crippen molar-refractivity contribution in [3.8, 4) is 5.75 Å². The first-order valence-electron chi connectivity index (χ1n) is 8.19. The number of hydrogen-bond donors (Lipinski definition) is 0. The van der Waals surface area contributed by atoms with Gasteiger partial charge in [-0.1, -0.05) is 6.08 Å². The third-order valence-electron chi connectivity index (χ3n) is 4.17. The molecular weight excluding hydrogens is 335 g/mol. The summed E-state index contributed by atoms with van der Waals surface area (Å²) in [6.07, 6.45) is 12.0. The van der Waals surface area contributed by atoms with Crippen LogP contribution in [0.2, 0.25) is 0 Å². The Bertz CT molecular complexity index is 982. The molecule has 3 heterocycles. The summed E-state index contributed by atoms with van der Waals surface area (Å²) in [7, 11) is 1.58. The Morgan fingerprint density at radius 2 is 2.19 bits per heavy atom. The minimum atomic E-state index is -0.323. The number of ether oxygens (including phenoxy) is 2. The van der Waals surface area contributed by atoms with Crippen molar-refractivity contribution in [1.29, 1.82) is 0 Å². The molecule has 0 N–H and O–H groups in total. The molecule has 7 heteroatoms. The predicted molar refractivity (Wildman–Crippen MR) is 94.1 cm³/mol. The highest BCUT2D eigenvalue weighted by molar-refractivity contribution is 5.71. The molecule has 1 aliphatic rings. The highest BCUT2D eigenvalue weighted by Gasteiger charge is 2.21. The summed E-state index contributed by atoms with van der Waals surface area (Å²) in [6.45, 7) is 0.321. The van der Waals surface area contributed by atoms with E-state index in [-0.39, 0.29) is 18.4 Å². The molecule has 0 aliphatic heterocycles. The number of imidazole rings is 1. The highest BCUT2D eigenvalue weighted by atomic mass is 19.1. The number of aromatic nitrogens is 4. The normalized spacial score (nSPS) is 17.1. The summed E-state index contributed by atoms with van der Waals surface area (Å²) in [6, 6.07) is 3.65. The van der Waals surface area contributed by atoms with E-state index in [1.54, 1.807) is 31.8 Å². The van der Waals surface area contributed by atoms with Crippen LogP contribution in [0.15, 0.2) is 61.1 Å². The molecule has 1 unspecified atom stereocenters. The smallest absolute Gasteiger partial charge is 0.234 e. The fourth-order valence-corrected chi connectivity index (χ4v) is 2.88. The van der Waals surface area contributed by atoms with Crippen molar-refractivity contribution < 1.29 is 13.9 Å². The van der Waals surface area contributed by atoms with Crippen LogP contribution in [-0.4, -0.2) is 32.6 Å². The molecule has 1 aliphatic carbocycles. The molecule has 26 heavy (non-hydrogen) atoms. The number of fused-ring (bicyclic) bond motifs is 1. The third-order valence-corrected chi connectivity index (χ3v) is 4.17. The minimum absolute atomic E-state index is 0.188. The largest absolute Gasteiger partial charge is 0.486 e. The molecule has 0 saturated heterocycles. The van der Waals surface area contributed by atoms with Gasteiger partial charge in [0.15, 0.2) is 0 Å². The summed E-state index contributed by atoms with van der Waals surface area (Å²) in [4.78, 5) is 12.9. The third kappa shape index (κ3) is 3.34. The monoisotopic (exact) mass is 352 g/mol. The van der Waals surface area contributed by atoms with Crippen LogP contribution in [-0.2, 0) is 11.3 Å². The lowest BCUT2D eigenvalue weighted by Crippen LogP contribution is -2.16. The molecule has 0 amide bonds. The van der Waals surface area contributed by atoms with E-state index in [0.29, 0.717) is 18.1 Å². The lowest BCUT2D eigenvalue weighted by Gasteiger charge is -2.21. The van der Waals surface area contributed by atoms with E-state index < -0.39 is 0 Å². The van der Waals surface area contributed by atoms with E-state index in [2.05, 4.69) is 15.0 Å². The fourth-order valence-electron chi connectivity index (χ4n) is 2.88. The second kappa shape index (κ2) is 7.05. The zero-order valence-electron chi connectivity index (χ0n) is 14.2. The van der Waals surface area contributed by atoms with Gasteiger partial charge in [0.2, 0.25) is 5.78 Å². The van der Waals surface area contributed by atoms with Crippen LogP contribution in [0.4, 0.5) is 4.39 Å². The summed E-state index contributed by atoms with van der Waals surface area (Å²) >= 11 is 0. The van der Waals surface area contributed by atoms with Crippen molar-refractivity contribution in [2.45, 2.75) is 19.1 Å². The Morgan fingerprint density at radius 3 is 3.00 bits per heavy atom. The van der Waals surface area contributed by atoms with Gasteiger partial charge in [0.1, 0.15) is 18.2 Å². The molecule has 6 nitrogen and oxygen atoms in total. The molecule has 132 valence electrons. The fraction of sp³-hybridized carbons (Fsp3) is 0.211. The Kier molecular flexibility index (Phi) is 4.45. The number of hydrogen-bond acceptors (Lipinski definition) is 5. The molecule has 0 radical (unpaired) electrons. The Balaban J connectivity index is 1.58. The SMILES string of the molecule is COC1CC(F)=CC=C1c1cnc2nc(COc3cccnc3)cn2c1. The maximum absolute atomic E-state index is 13.5. The molecule has 0 bridgehead atoms. The first kappa shape index (κ1) is 16.4. The van der Waals surface area contributed by atoms with Gasteiger partial charge in [0.05, 0.1) is 18.0 Å². The van der Waals surface area contributed by atoms with Crippen LogP contribution < -0.4 is 4.74 Å². The molecule has 4 rings (SSSR count). The second-order valence-electron chi connectivity index (χ2n) is 5.92. The summed E-state index contributed by atoms with van der Waals surface area (Å²) in [5.74, 6) is 1.07. The number of methoxy groups -OCH3 is 1. The van der Waals surface area contributed by atoms with E-state index in [1.807, 2.05) is 28.9 Å². The number of allylic oxidation sites excluding steroid dienone is 2. The molecule has 3 aromatic heterocycles. The first-order chi connectivity index (χ1) is 12.7. The number of halogens is 1. The number of rotatable bonds is 5. The topological polar surface area (TPSA) is 61.5 Å². The van der Waals surface area contributed by atoms with Gasteiger partial charge in [-0.3, -0.25) is 9.38 Å². The molecule has 0 spiro atoms. The van der Waals surface area contributed by atoms with Gasteiger partial charge in [-0.05, 0) is 23.8 Å². The zero-order chi connectivity index (χ0) is 17.9. The number of nitrogens with zero attached hydrogens (tertiary/aromatic N) is 4. The number of pyridine rings is 1. The van der Waals surface area contributed by atoms with Gasteiger partial charge in [0.25, 0.3) is 0 Å². The standard InChI is InChI=1S/C19H17FN4O2/c1-25-18-7-14(20)4-5-17(18)13-8-22-19-23-15(11-24(19)10-13)12-26-16-3-2-6-21-9-16/h2-6,8-11,18H,7,12H2,1H3. The van der Waals surface area contributed by atoms with Crippen molar-refractivity contribution in [3.63, 3.8) is 0 Å². The van der Waals surface area contributed by atoms with E-state index >= 15 is 0 Å². The van der Waals surface area contributed by atoms with Crippen LogP contribution >= 0.6 is 0 Å². The summed E-state index contributed by atoms with van der Waals surface area (Å²) in [5.41, 5.74) is 2.51. The summed E-state index contributed by atoms with van der Waals surface area (Å²) in [5, 5.41) is 0. The predicted octanol–water partition coefficient (Wildman–Crippen LogP) is 3.36. The van der Waals surface area contributed by atoms with Gasteiger partial charge < -0.3 is 9.47 Å². The molecule has 3 aromatic rings. The molecule has 0 saturated carbocycles. The van der Waals surface area contributed by atoms with E-state index in [4.69, 9.17) is 9.47 Å². The van der Waals surface area contributed by atoms with Gasteiger partial charge in [-0.25, -0.2) is 14.4 Å². The maximum atomic E-state index is 13.5. The van der Waals surface area contributed by atoms with Gasteiger partial charge in [0, 0.05) is 43.9 Å².